The second-order valence-electron chi connectivity index (χ2n) is 4.69. The highest BCUT2D eigenvalue weighted by Crippen LogP contribution is 2.24. The second kappa shape index (κ2) is 8.22. The van der Waals surface area contributed by atoms with E-state index < -0.39 is 0 Å². The van der Waals surface area contributed by atoms with E-state index in [0.29, 0.717) is 12.5 Å². The molecule has 0 spiro atoms. The monoisotopic (exact) mass is 330 g/mol. The van der Waals surface area contributed by atoms with Gasteiger partial charge in [-0.2, -0.15) is 5.10 Å². The molecule has 0 aliphatic carbocycles. The number of hydrogen-bond donors (Lipinski definition) is 1. The van der Waals surface area contributed by atoms with E-state index in [2.05, 4.69) is 27.0 Å². The third-order valence-corrected chi connectivity index (χ3v) is 3.49. The van der Waals surface area contributed by atoms with Crippen LogP contribution in [0.3, 0.4) is 0 Å². The van der Waals surface area contributed by atoms with Crippen LogP contribution in [0.5, 0.6) is 5.75 Å². The van der Waals surface area contributed by atoms with Crippen LogP contribution in [0.25, 0.3) is 0 Å². The van der Waals surface area contributed by atoms with Gasteiger partial charge < -0.3 is 10.1 Å². The third kappa shape index (κ3) is 3.87. The largest absolute Gasteiger partial charge is 0.491 e. The average Bonchev–Trinajstić information content (AvgIpc) is 2.90. The summed E-state index contributed by atoms with van der Waals surface area (Å²) in [6.07, 6.45) is 5.47. The molecule has 0 radical (unpaired) electrons. The topological polar surface area (TPSA) is 52.0 Å². The zero-order chi connectivity index (χ0) is 13.1. The Labute approximate surface area is 136 Å². The molecule has 1 aliphatic rings. The number of halogens is 2. The number of pyridine rings is 1. The zero-order valence-corrected chi connectivity index (χ0v) is 13.5. The summed E-state index contributed by atoms with van der Waals surface area (Å²) in [6, 6.07) is 3.81. The molecule has 2 aromatic rings. The maximum absolute atomic E-state index is 5.81. The third-order valence-electron chi connectivity index (χ3n) is 3.49. The van der Waals surface area contributed by atoms with Gasteiger partial charge in [0.15, 0.2) is 0 Å². The standard InChI is InChI=1S/C14H18N4O.2ClH/c1-2-18-14-9-16-6-11(13(14)8-17-18)10-19-12-4-3-5-15-7-12;;/h3-5,7-8,11,16H,2,6,9-10H2,1H3;2*1H. The molecule has 21 heavy (non-hydrogen) atoms. The van der Waals surface area contributed by atoms with Crippen molar-refractivity contribution in [2.24, 2.45) is 0 Å². The molecule has 0 aromatic carbocycles. The van der Waals surface area contributed by atoms with E-state index in [0.717, 1.165) is 25.4 Å². The zero-order valence-electron chi connectivity index (χ0n) is 11.9. The average molecular weight is 331 g/mol. The minimum atomic E-state index is 0. The van der Waals surface area contributed by atoms with Crippen LogP contribution in [-0.4, -0.2) is 27.9 Å². The van der Waals surface area contributed by atoms with Gasteiger partial charge in [0.2, 0.25) is 0 Å². The number of nitrogens with zero attached hydrogens (tertiary/aromatic N) is 3. The van der Waals surface area contributed by atoms with Crippen molar-refractivity contribution in [1.82, 2.24) is 20.1 Å². The maximum atomic E-state index is 5.81. The van der Waals surface area contributed by atoms with Crippen LogP contribution in [-0.2, 0) is 13.1 Å². The Morgan fingerprint density at radius 1 is 1.38 bits per heavy atom. The van der Waals surface area contributed by atoms with Crippen molar-refractivity contribution in [3.63, 3.8) is 0 Å². The molecule has 1 unspecified atom stereocenters. The van der Waals surface area contributed by atoms with Crippen molar-refractivity contribution in [2.45, 2.75) is 25.9 Å². The summed E-state index contributed by atoms with van der Waals surface area (Å²) in [7, 11) is 0. The Balaban J connectivity index is 0.00000110. The van der Waals surface area contributed by atoms with Gasteiger partial charge in [0.1, 0.15) is 5.75 Å². The van der Waals surface area contributed by atoms with E-state index in [4.69, 9.17) is 4.74 Å². The van der Waals surface area contributed by atoms with Crippen LogP contribution in [0, 0.1) is 0 Å². The van der Waals surface area contributed by atoms with Gasteiger partial charge in [0, 0.05) is 37.3 Å². The van der Waals surface area contributed by atoms with Crippen LogP contribution in [0.15, 0.2) is 30.7 Å². The Morgan fingerprint density at radius 3 is 2.95 bits per heavy atom. The van der Waals surface area contributed by atoms with E-state index in [1.807, 2.05) is 18.3 Å². The van der Waals surface area contributed by atoms with Gasteiger partial charge in [-0.1, -0.05) is 0 Å². The molecule has 0 bridgehead atoms. The molecule has 0 saturated carbocycles. The highest BCUT2D eigenvalue weighted by atomic mass is 35.5. The fourth-order valence-electron chi connectivity index (χ4n) is 2.48. The molecule has 1 atom stereocenters. The van der Waals surface area contributed by atoms with Crippen molar-refractivity contribution in [3.8, 4) is 5.75 Å². The van der Waals surface area contributed by atoms with Gasteiger partial charge in [-0.05, 0) is 19.1 Å². The number of ether oxygens (including phenoxy) is 1. The van der Waals surface area contributed by atoms with E-state index >= 15 is 0 Å². The van der Waals surface area contributed by atoms with Crippen molar-refractivity contribution < 1.29 is 4.74 Å². The molecule has 3 heterocycles. The first-order valence-electron chi connectivity index (χ1n) is 6.66. The van der Waals surface area contributed by atoms with Crippen LogP contribution < -0.4 is 10.1 Å². The molecule has 0 saturated heterocycles. The molecule has 0 fully saturated rings. The number of nitrogens with one attached hydrogen (secondary N) is 1. The highest BCUT2D eigenvalue weighted by molar-refractivity contribution is 5.85. The van der Waals surface area contributed by atoms with Gasteiger partial charge in [-0.25, -0.2) is 0 Å². The SMILES string of the molecule is CCn1ncc2c1CNCC2COc1cccnc1.Cl.Cl. The van der Waals surface area contributed by atoms with Crippen molar-refractivity contribution >= 4 is 24.8 Å². The molecular weight excluding hydrogens is 311 g/mol. The number of fused-ring (bicyclic) bond motifs is 1. The Morgan fingerprint density at radius 2 is 2.24 bits per heavy atom. The van der Waals surface area contributed by atoms with Crippen LogP contribution in [0.2, 0.25) is 0 Å². The molecule has 3 rings (SSSR count). The Hall–Kier alpha value is -1.30. The Bertz CT molecular complexity index is 547. The number of rotatable bonds is 4. The lowest BCUT2D eigenvalue weighted by molar-refractivity contribution is 0.276. The lowest BCUT2D eigenvalue weighted by atomic mass is 9.97. The Kier molecular flexibility index (Phi) is 6.95. The summed E-state index contributed by atoms with van der Waals surface area (Å²) in [4.78, 5) is 4.05. The molecule has 1 aliphatic heterocycles. The van der Waals surface area contributed by atoms with E-state index in [9.17, 15) is 0 Å². The lowest BCUT2D eigenvalue weighted by Gasteiger charge is -2.24. The van der Waals surface area contributed by atoms with Gasteiger partial charge >= 0.3 is 0 Å². The van der Waals surface area contributed by atoms with E-state index in [-0.39, 0.29) is 24.8 Å². The fraction of sp³-hybridized carbons (Fsp3) is 0.429. The number of aryl methyl sites for hydroxylation is 1. The molecule has 7 heteroatoms. The summed E-state index contributed by atoms with van der Waals surface area (Å²) >= 11 is 0. The summed E-state index contributed by atoms with van der Waals surface area (Å²) in [5, 5.41) is 7.86. The van der Waals surface area contributed by atoms with E-state index in [1.165, 1.54) is 11.3 Å². The van der Waals surface area contributed by atoms with Gasteiger partial charge in [-0.15, -0.1) is 24.8 Å². The number of hydrogen-bond acceptors (Lipinski definition) is 4. The summed E-state index contributed by atoms with van der Waals surface area (Å²) in [5.74, 6) is 1.17. The summed E-state index contributed by atoms with van der Waals surface area (Å²) in [5.41, 5.74) is 2.60. The quantitative estimate of drug-likeness (QED) is 0.935. The predicted molar refractivity (Wildman–Crippen MR) is 86.6 cm³/mol. The molecule has 2 aromatic heterocycles. The van der Waals surface area contributed by atoms with Gasteiger partial charge in [0.25, 0.3) is 0 Å². The molecule has 1 N–H and O–H groups in total. The molecule has 116 valence electrons. The van der Waals surface area contributed by atoms with Crippen LogP contribution in [0.1, 0.15) is 24.1 Å². The first-order chi connectivity index (χ1) is 9.38. The van der Waals surface area contributed by atoms with Crippen molar-refractivity contribution in [2.75, 3.05) is 13.2 Å². The predicted octanol–water partition coefficient (Wildman–Crippen LogP) is 2.41. The van der Waals surface area contributed by atoms with E-state index in [1.54, 1.807) is 12.4 Å². The minimum absolute atomic E-state index is 0. The minimum Gasteiger partial charge on any atom is -0.491 e. The van der Waals surface area contributed by atoms with Gasteiger partial charge in [0.05, 0.1) is 24.7 Å². The normalized spacial score (nSPS) is 16.3. The number of aromatic nitrogens is 3. The molecule has 5 nitrogen and oxygen atoms in total. The lowest BCUT2D eigenvalue weighted by Crippen LogP contribution is -2.32. The highest BCUT2D eigenvalue weighted by Gasteiger charge is 2.24. The molecular formula is C14H20Cl2N4O. The van der Waals surface area contributed by atoms with Crippen LogP contribution in [0.4, 0.5) is 0 Å². The second-order valence-corrected chi connectivity index (χ2v) is 4.69. The van der Waals surface area contributed by atoms with Crippen molar-refractivity contribution in [1.29, 1.82) is 0 Å². The first-order valence-corrected chi connectivity index (χ1v) is 6.66. The van der Waals surface area contributed by atoms with Gasteiger partial charge in [-0.3, -0.25) is 9.67 Å². The fourth-order valence-corrected chi connectivity index (χ4v) is 2.48. The van der Waals surface area contributed by atoms with Crippen LogP contribution >= 0.6 is 24.8 Å². The first kappa shape index (κ1) is 17.8. The summed E-state index contributed by atoms with van der Waals surface area (Å²) in [6.45, 7) is 5.51. The summed E-state index contributed by atoms with van der Waals surface area (Å²) < 4.78 is 7.86. The molecule has 0 amide bonds. The van der Waals surface area contributed by atoms with Crippen molar-refractivity contribution in [3.05, 3.63) is 42.0 Å². The maximum Gasteiger partial charge on any atom is 0.137 e. The smallest absolute Gasteiger partial charge is 0.137 e.